The smallest absolute Gasteiger partial charge is 0.426 e. The molecular weight excluding hydrogens is 587 g/mol. The summed E-state index contributed by atoms with van der Waals surface area (Å²) in [7, 11) is -2.62. The molecule has 0 spiro atoms. The molecule has 2 heterocycles. The van der Waals surface area contributed by atoms with Gasteiger partial charge in [-0.2, -0.15) is 4.90 Å². The lowest BCUT2D eigenvalue weighted by atomic mass is 9.70. The quantitative estimate of drug-likeness (QED) is 0.259. The minimum atomic E-state index is -2.62. The second-order valence-corrected chi connectivity index (χ2v) is 20.7. The number of nitrogens with zero attached hydrogens (tertiary/aromatic N) is 3. The van der Waals surface area contributed by atoms with Gasteiger partial charge in [-0.15, -0.1) is 11.3 Å². The second-order valence-electron chi connectivity index (χ2n) is 14.5. The summed E-state index contributed by atoms with van der Waals surface area (Å²) in [5.74, 6) is -2.14. The van der Waals surface area contributed by atoms with Crippen LogP contribution in [0.4, 0.5) is 14.7 Å². The second kappa shape index (κ2) is 11.7. The molecule has 1 aliphatic rings. The van der Waals surface area contributed by atoms with E-state index in [1.807, 2.05) is 64.2 Å². The molecule has 10 nitrogen and oxygen atoms in total. The molecule has 0 radical (unpaired) electrons. The van der Waals surface area contributed by atoms with Crippen LogP contribution in [0.5, 0.6) is 0 Å². The number of amides is 3. The van der Waals surface area contributed by atoms with E-state index in [1.165, 1.54) is 6.20 Å². The summed E-state index contributed by atoms with van der Waals surface area (Å²) in [6.07, 6.45) is -0.193. The first-order valence-corrected chi connectivity index (χ1v) is 18.1. The minimum Gasteiger partial charge on any atom is -0.479 e. The monoisotopic (exact) mass is 631 g/mol. The van der Waals surface area contributed by atoms with Crippen molar-refractivity contribution in [2.75, 3.05) is 4.90 Å². The van der Waals surface area contributed by atoms with Crippen molar-refractivity contribution in [2.24, 2.45) is 5.92 Å². The van der Waals surface area contributed by atoms with Crippen molar-refractivity contribution >= 4 is 48.8 Å². The topological polar surface area (TPSA) is 126 Å². The molecular formula is C31H45N3O7SSi. The molecule has 1 saturated heterocycles. The van der Waals surface area contributed by atoms with Gasteiger partial charge in [0.2, 0.25) is 11.0 Å². The van der Waals surface area contributed by atoms with Crippen LogP contribution < -0.4 is 4.90 Å². The Morgan fingerprint density at radius 3 is 1.93 bits per heavy atom. The molecule has 1 N–H and O–H groups in total. The highest BCUT2D eigenvalue weighted by Gasteiger charge is 2.69. The highest BCUT2D eigenvalue weighted by atomic mass is 32.1. The van der Waals surface area contributed by atoms with Crippen LogP contribution in [0.25, 0.3) is 0 Å². The molecule has 0 saturated carbocycles. The van der Waals surface area contributed by atoms with Gasteiger partial charge in [0.1, 0.15) is 16.7 Å². The number of hydrogen-bond donors (Lipinski definition) is 1. The number of aliphatic carboxylic acids is 1. The Labute approximate surface area is 259 Å². The molecule has 0 bridgehead atoms. The number of imide groups is 1. The lowest BCUT2D eigenvalue weighted by Gasteiger charge is -2.63. The van der Waals surface area contributed by atoms with Crippen LogP contribution in [0.2, 0.25) is 18.1 Å². The summed E-state index contributed by atoms with van der Waals surface area (Å²) in [6.45, 7) is 20.3. The van der Waals surface area contributed by atoms with Crippen LogP contribution in [0.15, 0.2) is 36.5 Å². The Balaban J connectivity index is 2.05. The van der Waals surface area contributed by atoms with E-state index in [0.717, 1.165) is 21.8 Å². The zero-order chi connectivity index (χ0) is 32.8. The number of rotatable bonds is 7. The predicted octanol–water partition coefficient (Wildman–Crippen LogP) is 6.89. The molecule has 0 unspecified atom stereocenters. The Kier molecular flexibility index (Phi) is 9.30. The first-order valence-electron chi connectivity index (χ1n) is 14.3. The lowest BCUT2D eigenvalue weighted by molar-refractivity contribution is -0.178. The van der Waals surface area contributed by atoms with E-state index in [4.69, 9.17) is 9.47 Å². The maximum Gasteiger partial charge on any atom is 0.426 e. The summed E-state index contributed by atoms with van der Waals surface area (Å²) < 4.78 is 12.6. The zero-order valence-electron chi connectivity index (χ0n) is 27.1. The molecule has 2 aromatic rings. The molecule has 0 aliphatic carbocycles. The van der Waals surface area contributed by atoms with E-state index in [2.05, 4.69) is 4.98 Å². The van der Waals surface area contributed by atoms with Crippen LogP contribution in [0.1, 0.15) is 72.8 Å². The summed E-state index contributed by atoms with van der Waals surface area (Å²) in [4.78, 5) is 59.1. The average molecular weight is 632 g/mol. The molecule has 3 amide bonds. The Morgan fingerprint density at radius 1 is 0.977 bits per heavy atom. The van der Waals surface area contributed by atoms with Crippen molar-refractivity contribution in [1.29, 1.82) is 0 Å². The van der Waals surface area contributed by atoms with Crippen LogP contribution in [-0.4, -0.2) is 63.7 Å². The average Bonchev–Trinajstić information content (AvgIpc) is 3.27. The van der Waals surface area contributed by atoms with E-state index in [9.17, 15) is 24.3 Å². The first kappa shape index (κ1) is 34.2. The number of carbonyl (C=O) groups excluding carboxylic acids is 3. The van der Waals surface area contributed by atoms with Crippen molar-refractivity contribution in [3.05, 3.63) is 47.0 Å². The largest absolute Gasteiger partial charge is 0.479 e. The van der Waals surface area contributed by atoms with Crippen LogP contribution in [0, 0.1) is 5.92 Å². The summed E-state index contributed by atoms with van der Waals surface area (Å²) in [5, 5.41) is 10.6. The van der Waals surface area contributed by atoms with Crippen molar-refractivity contribution in [3.8, 4) is 0 Å². The van der Waals surface area contributed by atoms with Crippen molar-refractivity contribution in [1.82, 2.24) is 9.55 Å². The van der Waals surface area contributed by atoms with E-state index in [0.29, 0.717) is 4.88 Å². The molecule has 1 aliphatic heterocycles. The number of ether oxygens (including phenoxy) is 2. The maximum atomic E-state index is 14.0. The van der Waals surface area contributed by atoms with Crippen LogP contribution >= 0.6 is 11.3 Å². The molecule has 12 heteroatoms. The fourth-order valence-electron chi connectivity index (χ4n) is 4.98. The van der Waals surface area contributed by atoms with E-state index in [-0.39, 0.29) is 28.9 Å². The standard InChI is InChI=1S/C31H45N3O7SSi/c1-28(2,3)40-26(38)33(27(39)41-29(4,5)6)25-32-19-21(42-25)17-22-23(35)34(43(10,11)30(7,8)9)31(22,24(36)37)18-20-15-13-12-14-16-20/h12-16,19,22H,17-18H2,1-11H3,(H,36,37)/t22-,31-/m0/s1. The number of thiazole rings is 1. The zero-order valence-corrected chi connectivity index (χ0v) is 28.9. The van der Waals surface area contributed by atoms with Gasteiger partial charge in [0, 0.05) is 17.5 Å². The van der Waals surface area contributed by atoms with E-state index in [1.54, 1.807) is 46.1 Å². The number of β-lactam (4-membered cyclic amide) rings is 1. The fourth-order valence-corrected chi connectivity index (χ4v) is 8.63. The predicted molar refractivity (Wildman–Crippen MR) is 169 cm³/mol. The highest BCUT2D eigenvalue weighted by Crippen LogP contribution is 2.52. The van der Waals surface area contributed by atoms with Crippen LogP contribution in [-0.2, 0) is 31.9 Å². The van der Waals surface area contributed by atoms with Gasteiger partial charge in [-0.05, 0) is 58.6 Å². The summed E-state index contributed by atoms with van der Waals surface area (Å²) in [6, 6.07) is 9.33. The molecule has 43 heavy (non-hydrogen) atoms. The van der Waals surface area contributed by atoms with Crippen molar-refractivity contribution < 1.29 is 33.8 Å². The molecule has 1 aromatic heterocycles. The van der Waals surface area contributed by atoms with E-state index >= 15 is 0 Å². The number of carbonyl (C=O) groups is 4. The molecule has 1 aromatic carbocycles. The molecule has 1 fully saturated rings. The van der Waals surface area contributed by atoms with Gasteiger partial charge < -0.3 is 19.1 Å². The normalized spacial score (nSPS) is 19.5. The first-order chi connectivity index (χ1) is 19.5. The highest BCUT2D eigenvalue weighted by molar-refractivity contribution is 7.16. The number of hydrogen-bond acceptors (Lipinski definition) is 8. The fraction of sp³-hybridized carbons (Fsp3) is 0.581. The van der Waals surface area contributed by atoms with Gasteiger partial charge in [-0.1, -0.05) is 64.2 Å². The number of carboxylic acid groups (broad SMARTS) is 1. The van der Waals surface area contributed by atoms with Crippen molar-refractivity contribution in [3.63, 3.8) is 0 Å². The molecule has 236 valence electrons. The van der Waals surface area contributed by atoms with Gasteiger partial charge in [0.25, 0.3) is 0 Å². The third-order valence-electron chi connectivity index (χ3n) is 7.87. The SMILES string of the molecule is CC(C)(C)OC(=O)N(C(=O)OC(C)(C)C)c1ncc(C[C@H]2C(=O)N([Si](C)(C)C(C)(C)C)[C@]2(Cc2ccccc2)C(=O)O)s1. The van der Waals surface area contributed by atoms with Gasteiger partial charge in [0.15, 0.2) is 8.24 Å². The van der Waals surface area contributed by atoms with Gasteiger partial charge in [-0.3, -0.25) is 4.79 Å². The number of carboxylic acids is 1. The number of benzene rings is 1. The Bertz CT molecular complexity index is 1340. The summed E-state index contributed by atoms with van der Waals surface area (Å²) >= 11 is 1.02. The molecule has 2 atom stereocenters. The van der Waals surface area contributed by atoms with Crippen LogP contribution in [0.3, 0.4) is 0 Å². The molecule has 3 rings (SSSR count). The Morgan fingerprint density at radius 2 is 1.49 bits per heavy atom. The summed E-state index contributed by atoms with van der Waals surface area (Å²) in [5.41, 5.74) is -2.43. The van der Waals surface area contributed by atoms with Crippen molar-refractivity contribution in [2.45, 2.75) is 110 Å². The third kappa shape index (κ3) is 7.12. The third-order valence-corrected chi connectivity index (χ3v) is 14.3. The van der Waals surface area contributed by atoms with E-state index < -0.39 is 49.1 Å². The lowest BCUT2D eigenvalue weighted by Crippen LogP contribution is -2.83. The number of anilines is 1. The maximum absolute atomic E-state index is 14.0. The van der Waals surface area contributed by atoms with Gasteiger partial charge in [-0.25, -0.2) is 19.4 Å². The van der Waals surface area contributed by atoms with Gasteiger partial charge in [0.05, 0.1) is 5.92 Å². The minimum absolute atomic E-state index is 0.00973. The Hall–Kier alpha value is -3.25. The van der Waals surface area contributed by atoms with Gasteiger partial charge >= 0.3 is 18.2 Å². The number of aromatic nitrogens is 1.